The van der Waals surface area contributed by atoms with Crippen LogP contribution in [0.25, 0.3) is 0 Å². The molecule has 2 atom stereocenters. The van der Waals surface area contributed by atoms with Gasteiger partial charge in [0.25, 0.3) is 0 Å². The van der Waals surface area contributed by atoms with Crippen LogP contribution >= 0.6 is 11.3 Å². The normalized spacial score (nSPS) is 13.7. The Morgan fingerprint density at radius 1 is 1.44 bits per heavy atom. The molecule has 1 heterocycles. The number of thiazole rings is 1. The first kappa shape index (κ1) is 14.4. The predicted molar refractivity (Wildman–Crippen MR) is 68.9 cm³/mol. The van der Waals surface area contributed by atoms with Gasteiger partial charge in [0, 0.05) is 11.4 Å². The number of hydrogen-bond acceptors (Lipinski definition) is 4. The van der Waals surface area contributed by atoms with Crippen LogP contribution in [-0.4, -0.2) is 28.1 Å². The van der Waals surface area contributed by atoms with Crippen LogP contribution in [0.2, 0.25) is 0 Å². The molecule has 6 nitrogen and oxygen atoms in total. The highest BCUT2D eigenvalue weighted by molar-refractivity contribution is 7.09. The van der Waals surface area contributed by atoms with Crippen molar-refractivity contribution in [2.75, 3.05) is 0 Å². The number of carbonyl (C=O) groups is 2. The van der Waals surface area contributed by atoms with Crippen molar-refractivity contribution in [1.82, 2.24) is 15.6 Å². The van der Waals surface area contributed by atoms with Gasteiger partial charge in [-0.15, -0.1) is 11.3 Å². The van der Waals surface area contributed by atoms with Gasteiger partial charge in [-0.1, -0.05) is 6.92 Å². The molecule has 1 rings (SSSR count). The zero-order valence-electron chi connectivity index (χ0n) is 10.6. The fourth-order valence-corrected chi connectivity index (χ4v) is 2.01. The van der Waals surface area contributed by atoms with E-state index in [1.54, 1.807) is 6.92 Å². The van der Waals surface area contributed by atoms with E-state index in [-0.39, 0.29) is 23.8 Å². The molecule has 0 radical (unpaired) electrons. The Balaban J connectivity index is 2.56. The summed E-state index contributed by atoms with van der Waals surface area (Å²) in [4.78, 5) is 26.2. The van der Waals surface area contributed by atoms with Crippen LogP contribution in [0, 0.1) is 0 Å². The summed E-state index contributed by atoms with van der Waals surface area (Å²) < 4.78 is 0. The van der Waals surface area contributed by atoms with Gasteiger partial charge in [0.1, 0.15) is 5.01 Å². The summed E-state index contributed by atoms with van der Waals surface area (Å²) >= 11 is 1.22. The van der Waals surface area contributed by atoms with E-state index in [0.717, 1.165) is 6.42 Å². The van der Waals surface area contributed by atoms with Crippen molar-refractivity contribution in [3.8, 4) is 0 Å². The maximum atomic E-state index is 11.6. The molecule has 0 aliphatic heterocycles. The summed E-state index contributed by atoms with van der Waals surface area (Å²) in [7, 11) is 0. The average molecular weight is 271 g/mol. The van der Waals surface area contributed by atoms with E-state index in [1.807, 2.05) is 13.8 Å². The standard InChI is InChI=1S/C11H17N3O3S/c1-4-6(2)12-11(17)13-7(3)9-14-8(5-18-9)10(15)16/h5-7H,4H2,1-3H3,(H,15,16)(H2,12,13,17). The van der Waals surface area contributed by atoms with Crippen molar-refractivity contribution in [3.05, 3.63) is 16.1 Å². The third-order valence-electron chi connectivity index (χ3n) is 2.45. The van der Waals surface area contributed by atoms with Crippen LogP contribution < -0.4 is 10.6 Å². The molecule has 0 aromatic carbocycles. The Morgan fingerprint density at radius 3 is 2.61 bits per heavy atom. The SMILES string of the molecule is CCC(C)NC(=O)NC(C)c1nc(C(=O)O)cs1. The number of urea groups is 1. The summed E-state index contributed by atoms with van der Waals surface area (Å²) in [6.45, 7) is 5.66. The fraction of sp³-hybridized carbons (Fsp3) is 0.545. The van der Waals surface area contributed by atoms with Crippen molar-refractivity contribution < 1.29 is 14.7 Å². The van der Waals surface area contributed by atoms with Crippen LogP contribution in [-0.2, 0) is 0 Å². The van der Waals surface area contributed by atoms with Gasteiger partial charge in [0.2, 0.25) is 0 Å². The Bertz CT molecular complexity index is 433. The molecule has 0 aliphatic rings. The number of amides is 2. The van der Waals surface area contributed by atoms with Crippen molar-refractivity contribution in [2.24, 2.45) is 0 Å². The summed E-state index contributed by atoms with van der Waals surface area (Å²) in [5.74, 6) is -1.06. The van der Waals surface area contributed by atoms with Crippen LogP contribution in [0.5, 0.6) is 0 Å². The highest BCUT2D eigenvalue weighted by Crippen LogP contribution is 2.17. The molecular formula is C11H17N3O3S. The van der Waals surface area contributed by atoms with E-state index >= 15 is 0 Å². The number of carboxylic acid groups (broad SMARTS) is 1. The molecule has 100 valence electrons. The molecule has 0 spiro atoms. The molecule has 18 heavy (non-hydrogen) atoms. The van der Waals surface area contributed by atoms with E-state index < -0.39 is 5.97 Å². The second-order valence-electron chi connectivity index (χ2n) is 4.02. The summed E-state index contributed by atoms with van der Waals surface area (Å²) in [5.41, 5.74) is 0.00554. The molecule has 1 aromatic heterocycles. The number of rotatable bonds is 5. The van der Waals surface area contributed by atoms with Crippen LogP contribution in [0.4, 0.5) is 4.79 Å². The van der Waals surface area contributed by atoms with Gasteiger partial charge in [-0.2, -0.15) is 0 Å². The van der Waals surface area contributed by atoms with E-state index in [1.165, 1.54) is 16.7 Å². The largest absolute Gasteiger partial charge is 0.476 e. The minimum atomic E-state index is -1.06. The summed E-state index contributed by atoms with van der Waals surface area (Å²) in [5, 5.41) is 16.3. The van der Waals surface area contributed by atoms with Crippen LogP contribution in [0.15, 0.2) is 5.38 Å². The highest BCUT2D eigenvalue weighted by atomic mass is 32.1. The molecule has 0 bridgehead atoms. The van der Waals surface area contributed by atoms with Gasteiger partial charge in [0.15, 0.2) is 5.69 Å². The van der Waals surface area contributed by atoms with Crippen molar-refractivity contribution in [3.63, 3.8) is 0 Å². The monoisotopic (exact) mass is 271 g/mol. The zero-order valence-corrected chi connectivity index (χ0v) is 11.4. The van der Waals surface area contributed by atoms with Gasteiger partial charge < -0.3 is 15.7 Å². The lowest BCUT2D eigenvalue weighted by atomic mass is 10.3. The molecule has 7 heteroatoms. The van der Waals surface area contributed by atoms with Crippen LogP contribution in [0.3, 0.4) is 0 Å². The maximum absolute atomic E-state index is 11.6. The molecule has 1 aromatic rings. The van der Waals surface area contributed by atoms with Gasteiger partial charge in [-0.3, -0.25) is 0 Å². The summed E-state index contributed by atoms with van der Waals surface area (Å²) in [6.07, 6.45) is 0.849. The van der Waals surface area contributed by atoms with Gasteiger partial charge >= 0.3 is 12.0 Å². The lowest BCUT2D eigenvalue weighted by molar-refractivity contribution is 0.0691. The quantitative estimate of drug-likeness (QED) is 0.763. The van der Waals surface area contributed by atoms with Crippen molar-refractivity contribution >= 4 is 23.3 Å². The average Bonchev–Trinajstić information content (AvgIpc) is 2.77. The van der Waals surface area contributed by atoms with E-state index in [9.17, 15) is 9.59 Å². The molecule has 0 saturated carbocycles. The number of aromatic carboxylic acids is 1. The van der Waals surface area contributed by atoms with Crippen molar-refractivity contribution in [1.29, 1.82) is 0 Å². The number of hydrogen-bond donors (Lipinski definition) is 3. The van der Waals surface area contributed by atoms with E-state index in [0.29, 0.717) is 5.01 Å². The Kier molecular flexibility index (Phi) is 5.08. The topological polar surface area (TPSA) is 91.3 Å². The Hall–Kier alpha value is -1.63. The molecule has 0 aliphatic carbocycles. The second-order valence-corrected chi connectivity index (χ2v) is 4.91. The van der Waals surface area contributed by atoms with Gasteiger partial charge in [0.05, 0.1) is 6.04 Å². The van der Waals surface area contributed by atoms with Gasteiger partial charge in [-0.25, -0.2) is 14.6 Å². The molecule has 0 fully saturated rings. The lowest BCUT2D eigenvalue weighted by Crippen LogP contribution is -2.41. The molecule has 3 N–H and O–H groups in total. The Morgan fingerprint density at radius 2 is 2.11 bits per heavy atom. The first-order chi connectivity index (χ1) is 8.43. The molecule has 0 saturated heterocycles. The number of nitrogens with zero attached hydrogens (tertiary/aromatic N) is 1. The third-order valence-corrected chi connectivity index (χ3v) is 3.48. The first-order valence-corrected chi connectivity index (χ1v) is 6.57. The summed E-state index contributed by atoms with van der Waals surface area (Å²) in [6, 6.07) is -0.487. The molecule has 2 amide bonds. The second kappa shape index (κ2) is 6.34. The fourth-order valence-electron chi connectivity index (χ4n) is 1.21. The minimum absolute atomic E-state index is 0.00554. The third kappa shape index (κ3) is 3.99. The van der Waals surface area contributed by atoms with Crippen LogP contribution in [0.1, 0.15) is 48.7 Å². The Labute approximate surface area is 109 Å². The molecule has 2 unspecified atom stereocenters. The van der Waals surface area contributed by atoms with Crippen molar-refractivity contribution in [2.45, 2.75) is 39.3 Å². The van der Waals surface area contributed by atoms with E-state index in [2.05, 4.69) is 15.6 Å². The van der Waals surface area contributed by atoms with Gasteiger partial charge in [-0.05, 0) is 20.3 Å². The number of nitrogens with one attached hydrogen (secondary N) is 2. The zero-order chi connectivity index (χ0) is 13.7. The van der Waals surface area contributed by atoms with E-state index in [4.69, 9.17) is 5.11 Å². The number of carboxylic acids is 1. The number of aromatic nitrogens is 1. The number of carbonyl (C=O) groups excluding carboxylic acids is 1. The maximum Gasteiger partial charge on any atom is 0.355 e. The molecular weight excluding hydrogens is 254 g/mol. The predicted octanol–water partition coefficient (Wildman–Crippen LogP) is 2.00. The smallest absolute Gasteiger partial charge is 0.355 e. The highest BCUT2D eigenvalue weighted by Gasteiger charge is 2.16. The minimum Gasteiger partial charge on any atom is -0.476 e. The first-order valence-electron chi connectivity index (χ1n) is 5.69. The lowest BCUT2D eigenvalue weighted by Gasteiger charge is -2.15.